The Kier molecular flexibility index (Phi) is 4.40. The number of ketones is 1. The highest BCUT2D eigenvalue weighted by Crippen LogP contribution is 2.48. The molecule has 0 fully saturated rings. The number of Topliss-reactive ketones (excluding diaryl/α,β-unsaturated/α-hetero) is 1. The number of ether oxygens (including phenoxy) is 3. The fourth-order valence-corrected chi connectivity index (χ4v) is 4.19. The Labute approximate surface area is 168 Å². The predicted octanol–water partition coefficient (Wildman–Crippen LogP) is 2.54. The average molecular weight is 399 g/mol. The summed E-state index contributed by atoms with van der Waals surface area (Å²) in [5.41, 5.74) is 8.02. The fourth-order valence-electron chi connectivity index (χ4n) is 4.19. The number of nitrogen functional groups attached to an aromatic ring is 1. The van der Waals surface area contributed by atoms with Crippen molar-refractivity contribution in [2.45, 2.75) is 32.7 Å². The maximum atomic E-state index is 13.2. The average Bonchev–Trinajstić information content (AvgIpc) is 3.03. The van der Waals surface area contributed by atoms with E-state index >= 15 is 0 Å². The van der Waals surface area contributed by atoms with Crippen molar-refractivity contribution < 1.29 is 19.0 Å². The summed E-state index contributed by atoms with van der Waals surface area (Å²) in [6.07, 6.45) is 1.18. The van der Waals surface area contributed by atoms with Crippen molar-refractivity contribution in [2.75, 3.05) is 32.4 Å². The van der Waals surface area contributed by atoms with Crippen LogP contribution in [-0.4, -0.2) is 41.9 Å². The number of carbonyl (C=O) groups is 1. The molecular weight excluding hydrogens is 374 g/mol. The fraction of sp³-hybridized carbons (Fsp3) is 0.450. The van der Waals surface area contributed by atoms with Crippen LogP contribution in [0, 0.1) is 5.41 Å². The van der Waals surface area contributed by atoms with E-state index in [0.29, 0.717) is 35.2 Å². The lowest BCUT2D eigenvalue weighted by molar-refractivity contribution is -0.118. The molecule has 1 aromatic heterocycles. The Bertz CT molecular complexity index is 999. The van der Waals surface area contributed by atoms with E-state index in [1.807, 2.05) is 12.1 Å². The highest BCUT2D eigenvalue weighted by Gasteiger charge is 2.42. The topological polar surface area (TPSA) is 114 Å². The molecule has 0 bridgehead atoms. The molecule has 0 amide bonds. The number of anilines is 2. The van der Waals surface area contributed by atoms with Gasteiger partial charge in [-0.3, -0.25) is 4.79 Å². The largest absolute Gasteiger partial charge is 0.493 e. The zero-order valence-corrected chi connectivity index (χ0v) is 17.2. The van der Waals surface area contributed by atoms with Crippen LogP contribution in [-0.2, 0) is 4.79 Å². The molecule has 0 spiro atoms. The van der Waals surface area contributed by atoms with Crippen LogP contribution in [0.3, 0.4) is 0 Å². The van der Waals surface area contributed by atoms with Gasteiger partial charge in [-0.2, -0.15) is 4.98 Å². The number of methoxy groups -OCH3 is 3. The second-order valence-corrected chi connectivity index (χ2v) is 8.06. The van der Waals surface area contributed by atoms with Crippen molar-refractivity contribution in [3.8, 4) is 17.2 Å². The number of carbonyl (C=O) groups excluding carboxylic acids is 1. The van der Waals surface area contributed by atoms with Crippen LogP contribution >= 0.6 is 0 Å². The standard InChI is InChI=1S/C20H25N5O4/c1-20(2)8-11-15(12(26)9-20)16(25-19(22-11)23-18(21)24-25)10-6-13(27-3)17(29-5)14(7-10)28-4/h6-7,16H,8-9H2,1-5H3,(H3,21,22,23,24)/t16-/m1/s1. The second kappa shape index (κ2) is 6.68. The SMILES string of the molecule is COc1cc([C@@H]2C3=C(CC(C)(C)CC3=O)Nc3nc(N)nn32)cc(OC)c1OC. The van der Waals surface area contributed by atoms with Gasteiger partial charge in [-0.1, -0.05) is 13.8 Å². The maximum absolute atomic E-state index is 13.2. The Morgan fingerprint density at radius 2 is 1.79 bits per heavy atom. The zero-order chi connectivity index (χ0) is 20.9. The normalized spacial score (nSPS) is 19.9. The molecule has 9 nitrogen and oxygen atoms in total. The van der Waals surface area contributed by atoms with Gasteiger partial charge < -0.3 is 25.3 Å². The lowest BCUT2D eigenvalue weighted by Crippen LogP contribution is -2.36. The molecule has 9 heteroatoms. The lowest BCUT2D eigenvalue weighted by atomic mass is 9.73. The van der Waals surface area contributed by atoms with Gasteiger partial charge >= 0.3 is 0 Å². The van der Waals surface area contributed by atoms with Crippen LogP contribution in [0.25, 0.3) is 0 Å². The Morgan fingerprint density at radius 3 is 2.38 bits per heavy atom. The van der Waals surface area contributed by atoms with Gasteiger partial charge in [0.15, 0.2) is 17.3 Å². The zero-order valence-electron chi connectivity index (χ0n) is 17.2. The first-order chi connectivity index (χ1) is 13.8. The highest BCUT2D eigenvalue weighted by atomic mass is 16.5. The van der Waals surface area contributed by atoms with Crippen molar-refractivity contribution in [1.82, 2.24) is 14.8 Å². The van der Waals surface area contributed by atoms with E-state index in [9.17, 15) is 4.79 Å². The summed E-state index contributed by atoms with van der Waals surface area (Å²) in [4.78, 5) is 17.5. The number of nitrogens with two attached hydrogens (primary N) is 1. The summed E-state index contributed by atoms with van der Waals surface area (Å²) in [7, 11) is 4.66. The Balaban J connectivity index is 1.95. The minimum atomic E-state index is -0.497. The first-order valence-corrected chi connectivity index (χ1v) is 9.33. The number of benzene rings is 1. The van der Waals surface area contributed by atoms with Gasteiger partial charge in [-0.15, -0.1) is 5.10 Å². The van der Waals surface area contributed by atoms with Gasteiger partial charge in [-0.25, -0.2) is 4.68 Å². The molecule has 1 atom stereocenters. The van der Waals surface area contributed by atoms with Gasteiger partial charge in [0.1, 0.15) is 6.04 Å². The quantitative estimate of drug-likeness (QED) is 0.806. The number of hydrogen-bond acceptors (Lipinski definition) is 8. The molecule has 2 aromatic rings. The van der Waals surface area contributed by atoms with Gasteiger partial charge in [0.05, 0.1) is 21.3 Å². The summed E-state index contributed by atoms with van der Waals surface area (Å²) in [5, 5.41) is 7.61. The number of hydrogen-bond donors (Lipinski definition) is 2. The molecule has 2 heterocycles. The molecule has 1 aromatic carbocycles. The molecule has 2 aliphatic rings. The van der Waals surface area contributed by atoms with Crippen LogP contribution in [0.15, 0.2) is 23.4 Å². The summed E-state index contributed by atoms with van der Waals surface area (Å²) >= 11 is 0. The molecule has 3 N–H and O–H groups in total. The highest BCUT2D eigenvalue weighted by molar-refractivity contribution is 6.00. The first-order valence-electron chi connectivity index (χ1n) is 9.33. The molecule has 0 saturated heterocycles. The Morgan fingerprint density at radius 1 is 1.14 bits per heavy atom. The van der Waals surface area contributed by atoms with Crippen LogP contribution in [0.2, 0.25) is 0 Å². The molecule has 4 rings (SSSR count). The van der Waals surface area contributed by atoms with Gasteiger partial charge in [0.25, 0.3) is 0 Å². The number of rotatable bonds is 4. The van der Waals surface area contributed by atoms with Crippen molar-refractivity contribution in [3.63, 3.8) is 0 Å². The molecule has 1 aliphatic heterocycles. The third kappa shape index (κ3) is 3.06. The van der Waals surface area contributed by atoms with Crippen LogP contribution < -0.4 is 25.3 Å². The van der Waals surface area contributed by atoms with E-state index in [1.54, 1.807) is 26.0 Å². The van der Waals surface area contributed by atoms with Crippen molar-refractivity contribution in [1.29, 1.82) is 0 Å². The maximum Gasteiger partial charge on any atom is 0.241 e. The third-order valence-electron chi connectivity index (χ3n) is 5.35. The first kappa shape index (κ1) is 19.1. The number of fused-ring (bicyclic) bond motifs is 1. The third-order valence-corrected chi connectivity index (χ3v) is 5.35. The number of aromatic nitrogens is 3. The van der Waals surface area contributed by atoms with Gasteiger partial charge in [0.2, 0.25) is 17.6 Å². The molecule has 0 saturated carbocycles. The monoisotopic (exact) mass is 399 g/mol. The molecular formula is C20H25N5O4. The smallest absolute Gasteiger partial charge is 0.241 e. The summed E-state index contributed by atoms with van der Waals surface area (Å²) in [6.45, 7) is 4.16. The molecule has 1 aliphatic carbocycles. The van der Waals surface area contributed by atoms with E-state index in [0.717, 1.165) is 17.7 Å². The van der Waals surface area contributed by atoms with Crippen molar-refractivity contribution >= 4 is 17.7 Å². The molecule has 29 heavy (non-hydrogen) atoms. The summed E-state index contributed by atoms with van der Waals surface area (Å²) < 4.78 is 18.1. The molecule has 154 valence electrons. The molecule has 0 radical (unpaired) electrons. The predicted molar refractivity (Wildman–Crippen MR) is 107 cm³/mol. The van der Waals surface area contributed by atoms with Crippen LogP contribution in [0.4, 0.5) is 11.9 Å². The summed E-state index contributed by atoms with van der Waals surface area (Å²) in [5.74, 6) is 2.20. The van der Waals surface area contributed by atoms with E-state index in [2.05, 4.69) is 29.2 Å². The van der Waals surface area contributed by atoms with Gasteiger partial charge in [0, 0.05) is 17.7 Å². The van der Waals surface area contributed by atoms with E-state index in [1.165, 1.54) is 0 Å². The van der Waals surface area contributed by atoms with E-state index in [4.69, 9.17) is 19.9 Å². The number of allylic oxidation sites excluding steroid dienone is 2. The van der Waals surface area contributed by atoms with Gasteiger partial charge in [-0.05, 0) is 29.5 Å². The van der Waals surface area contributed by atoms with Crippen molar-refractivity contribution in [2.24, 2.45) is 5.41 Å². The van der Waals surface area contributed by atoms with E-state index in [-0.39, 0.29) is 17.1 Å². The van der Waals surface area contributed by atoms with Crippen LogP contribution in [0.5, 0.6) is 17.2 Å². The minimum absolute atomic E-state index is 0.0715. The number of nitrogens with one attached hydrogen (secondary N) is 1. The minimum Gasteiger partial charge on any atom is -0.493 e. The number of nitrogens with zero attached hydrogens (tertiary/aromatic N) is 3. The Hall–Kier alpha value is -3.23. The molecule has 0 unspecified atom stereocenters. The second-order valence-electron chi connectivity index (χ2n) is 8.06. The van der Waals surface area contributed by atoms with E-state index < -0.39 is 6.04 Å². The van der Waals surface area contributed by atoms with Crippen molar-refractivity contribution in [3.05, 3.63) is 29.0 Å². The summed E-state index contributed by atoms with van der Waals surface area (Å²) in [6, 6.07) is 3.16. The van der Waals surface area contributed by atoms with Crippen LogP contribution in [0.1, 0.15) is 38.3 Å². The lowest BCUT2D eigenvalue weighted by Gasteiger charge is -2.38.